The van der Waals surface area contributed by atoms with E-state index >= 15 is 0 Å². The molecule has 1 aromatic carbocycles. The Hall–Kier alpha value is -3.79. The van der Waals surface area contributed by atoms with Gasteiger partial charge in [-0.3, -0.25) is 4.79 Å². The highest BCUT2D eigenvalue weighted by atomic mass is 32.2. The molecule has 3 heterocycles. The number of hydrogen-bond donors (Lipinski definition) is 1. The van der Waals surface area contributed by atoms with Crippen LogP contribution in [0.4, 0.5) is 24.8 Å². The van der Waals surface area contributed by atoms with Crippen molar-refractivity contribution >= 4 is 44.7 Å². The lowest BCUT2D eigenvalue weighted by Gasteiger charge is -2.44. The van der Waals surface area contributed by atoms with Crippen LogP contribution in [-0.2, 0) is 20.8 Å². The maximum atomic E-state index is 13.9. The zero-order valence-corrected chi connectivity index (χ0v) is 24.8. The second-order valence-electron chi connectivity index (χ2n) is 9.96. The van der Waals surface area contributed by atoms with Crippen LogP contribution in [0.25, 0.3) is 10.6 Å². The fraction of sp³-hybridized carbons (Fsp3) is 0.423. The van der Waals surface area contributed by atoms with E-state index in [0.29, 0.717) is 29.3 Å². The van der Waals surface area contributed by atoms with Gasteiger partial charge in [0.15, 0.2) is 15.5 Å². The molecule has 0 aliphatic carbocycles. The SMILES string of the molecule is CCOC(=O)c1cnc(N2CCN(c3ccc(-c4nc(C(N)=O)cs4)c(S(C)(=O)=O)c3)C[C@H]2C(C)C)nc1C(F)(F)F. The van der Waals surface area contributed by atoms with Gasteiger partial charge >= 0.3 is 12.1 Å². The molecule has 4 rings (SSSR count). The summed E-state index contributed by atoms with van der Waals surface area (Å²) in [5, 5.41) is 1.78. The molecule has 1 amide bonds. The third-order valence-corrected chi connectivity index (χ3v) is 8.71. The number of nitrogens with zero attached hydrogens (tertiary/aromatic N) is 5. The number of hydrogen-bond acceptors (Lipinski definition) is 11. The van der Waals surface area contributed by atoms with Gasteiger partial charge in [0, 0.05) is 48.7 Å². The van der Waals surface area contributed by atoms with Crippen LogP contribution in [0.15, 0.2) is 34.7 Å². The van der Waals surface area contributed by atoms with Gasteiger partial charge in [0.05, 0.1) is 17.5 Å². The van der Waals surface area contributed by atoms with Gasteiger partial charge < -0.3 is 20.3 Å². The molecule has 0 radical (unpaired) electrons. The van der Waals surface area contributed by atoms with Crippen molar-refractivity contribution in [3.63, 3.8) is 0 Å². The van der Waals surface area contributed by atoms with E-state index in [1.807, 2.05) is 18.7 Å². The summed E-state index contributed by atoms with van der Waals surface area (Å²) in [6.07, 6.45) is -3.00. The lowest BCUT2D eigenvalue weighted by Crippen LogP contribution is -2.56. The number of nitrogens with two attached hydrogens (primary N) is 1. The van der Waals surface area contributed by atoms with Crippen LogP contribution < -0.4 is 15.5 Å². The average Bonchev–Trinajstić information content (AvgIpc) is 3.42. The molecule has 1 fully saturated rings. The van der Waals surface area contributed by atoms with E-state index < -0.39 is 39.1 Å². The molecular formula is C26H29F3N6O5S2. The van der Waals surface area contributed by atoms with E-state index in [1.165, 1.54) is 18.4 Å². The molecule has 1 aliphatic rings. The van der Waals surface area contributed by atoms with Gasteiger partial charge in [0.1, 0.15) is 16.3 Å². The molecule has 226 valence electrons. The minimum Gasteiger partial charge on any atom is -0.462 e. The third kappa shape index (κ3) is 6.48. The van der Waals surface area contributed by atoms with Crippen LogP contribution in [0.3, 0.4) is 0 Å². The Labute approximate surface area is 244 Å². The largest absolute Gasteiger partial charge is 0.462 e. The number of benzene rings is 1. The number of amides is 1. The summed E-state index contributed by atoms with van der Waals surface area (Å²) in [5.41, 5.74) is 4.11. The Bertz CT molecular complexity index is 1610. The van der Waals surface area contributed by atoms with E-state index in [4.69, 9.17) is 10.5 Å². The quantitative estimate of drug-likeness (QED) is 0.367. The number of rotatable bonds is 8. The predicted octanol–water partition coefficient (Wildman–Crippen LogP) is 3.65. The van der Waals surface area contributed by atoms with Crippen LogP contribution >= 0.6 is 11.3 Å². The molecule has 0 unspecified atom stereocenters. The first-order valence-corrected chi connectivity index (χ1v) is 15.6. The first-order chi connectivity index (χ1) is 19.6. The van der Waals surface area contributed by atoms with Gasteiger partial charge in [0.25, 0.3) is 5.91 Å². The molecular weight excluding hydrogens is 597 g/mol. The van der Waals surface area contributed by atoms with Gasteiger partial charge in [-0.25, -0.2) is 28.2 Å². The Kier molecular flexibility index (Phi) is 8.78. The number of piperazine rings is 1. The number of esters is 1. The minimum absolute atomic E-state index is 0.0154. The van der Waals surface area contributed by atoms with Crippen molar-refractivity contribution in [2.24, 2.45) is 11.7 Å². The molecule has 1 saturated heterocycles. The van der Waals surface area contributed by atoms with Crippen molar-refractivity contribution in [2.75, 3.05) is 42.3 Å². The Morgan fingerprint density at radius 2 is 1.93 bits per heavy atom. The van der Waals surface area contributed by atoms with Crippen LogP contribution in [0.2, 0.25) is 0 Å². The van der Waals surface area contributed by atoms with Crippen LogP contribution in [0.5, 0.6) is 0 Å². The standard InChI is InChI=1S/C26H29F3N6O5S2/c1-5-40-24(37)17-11-31-25(33-21(17)26(27,28)29)35-9-8-34(12-19(35)14(2)3)15-6-7-16(20(10-15)42(4,38)39)23-32-18(13-41-23)22(30)36/h6-7,10-11,13-14,19H,5,8-9,12H2,1-4H3,(H2,30,36)/t19-/m0/s1. The molecule has 11 nitrogen and oxygen atoms in total. The molecule has 1 aliphatic heterocycles. The lowest BCUT2D eigenvalue weighted by atomic mass is 9.99. The van der Waals surface area contributed by atoms with Crippen molar-refractivity contribution in [1.29, 1.82) is 0 Å². The van der Waals surface area contributed by atoms with Gasteiger partial charge in [-0.2, -0.15) is 13.2 Å². The number of aromatic nitrogens is 3. The van der Waals surface area contributed by atoms with E-state index in [1.54, 1.807) is 17.0 Å². The van der Waals surface area contributed by atoms with Gasteiger partial charge in [-0.05, 0) is 31.0 Å². The third-order valence-electron chi connectivity index (χ3n) is 6.70. The highest BCUT2D eigenvalue weighted by Crippen LogP contribution is 2.36. The van der Waals surface area contributed by atoms with Gasteiger partial charge in [-0.15, -0.1) is 11.3 Å². The number of anilines is 2. The smallest absolute Gasteiger partial charge is 0.434 e. The molecule has 0 saturated carbocycles. The summed E-state index contributed by atoms with van der Waals surface area (Å²) in [5.74, 6) is -2.12. The molecule has 1 atom stereocenters. The van der Waals surface area contributed by atoms with E-state index in [-0.39, 0.29) is 41.6 Å². The number of sulfone groups is 1. The first kappa shape index (κ1) is 31.2. The molecule has 2 aromatic heterocycles. The topological polar surface area (TPSA) is 149 Å². The second-order valence-corrected chi connectivity index (χ2v) is 12.8. The summed E-state index contributed by atoms with van der Waals surface area (Å²) in [4.78, 5) is 39.3. The summed E-state index contributed by atoms with van der Waals surface area (Å²) in [7, 11) is -3.72. The van der Waals surface area contributed by atoms with E-state index in [9.17, 15) is 31.2 Å². The van der Waals surface area contributed by atoms with Crippen molar-refractivity contribution < 1.29 is 35.9 Å². The Balaban J connectivity index is 1.67. The monoisotopic (exact) mass is 626 g/mol. The first-order valence-electron chi connectivity index (χ1n) is 12.8. The number of alkyl halides is 3. The summed E-state index contributed by atoms with van der Waals surface area (Å²) in [6, 6.07) is 4.51. The maximum absolute atomic E-state index is 13.9. The molecule has 3 aromatic rings. The molecule has 0 bridgehead atoms. The molecule has 2 N–H and O–H groups in total. The van der Waals surface area contributed by atoms with Gasteiger partial charge in [-0.1, -0.05) is 13.8 Å². The number of primary amides is 1. The maximum Gasteiger partial charge on any atom is 0.434 e. The molecule has 0 spiro atoms. The Morgan fingerprint density at radius 3 is 2.50 bits per heavy atom. The van der Waals surface area contributed by atoms with Crippen molar-refractivity contribution in [1.82, 2.24) is 15.0 Å². The predicted molar refractivity (Wildman–Crippen MR) is 150 cm³/mol. The van der Waals surface area contributed by atoms with Crippen molar-refractivity contribution in [3.8, 4) is 10.6 Å². The summed E-state index contributed by atoms with van der Waals surface area (Å²) >= 11 is 1.09. The fourth-order valence-electron chi connectivity index (χ4n) is 4.65. The number of halogens is 3. The van der Waals surface area contributed by atoms with E-state index in [0.717, 1.165) is 23.8 Å². The van der Waals surface area contributed by atoms with Gasteiger partial charge in [0.2, 0.25) is 5.95 Å². The Morgan fingerprint density at radius 1 is 1.21 bits per heavy atom. The highest BCUT2D eigenvalue weighted by molar-refractivity contribution is 7.90. The zero-order valence-electron chi connectivity index (χ0n) is 23.2. The number of carbonyl (C=O) groups is 2. The van der Waals surface area contributed by atoms with Crippen molar-refractivity contribution in [3.05, 3.63) is 46.7 Å². The fourth-order valence-corrected chi connectivity index (χ4v) is 6.46. The zero-order chi connectivity index (χ0) is 31.0. The van der Waals surface area contributed by atoms with Crippen LogP contribution in [0, 0.1) is 5.92 Å². The van der Waals surface area contributed by atoms with E-state index in [2.05, 4.69) is 15.0 Å². The normalized spacial score (nSPS) is 16.1. The summed E-state index contributed by atoms with van der Waals surface area (Å²) < 4.78 is 71.9. The number of ether oxygens (including phenoxy) is 1. The average molecular weight is 627 g/mol. The lowest BCUT2D eigenvalue weighted by molar-refractivity contribution is -0.141. The summed E-state index contributed by atoms with van der Waals surface area (Å²) in [6.45, 7) is 6.06. The highest BCUT2D eigenvalue weighted by Gasteiger charge is 2.40. The molecule has 16 heteroatoms. The van der Waals surface area contributed by atoms with Crippen molar-refractivity contribution in [2.45, 2.75) is 37.9 Å². The van der Waals surface area contributed by atoms with Crippen LogP contribution in [0.1, 0.15) is 47.3 Å². The second kappa shape index (κ2) is 11.8. The number of thiazole rings is 1. The molecule has 42 heavy (non-hydrogen) atoms. The number of carbonyl (C=O) groups excluding carboxylic acids is 2. The van der Waals surface area contributed by atoms with Crippen LogP contribution in [-0.4, -0.2) is 73.8 Å². The minimum atomic E-state index is -4.91.